The highest BCUT2D eigenvalue weighted by Crippen LogP contribution is 2.22. The van der Waals surface area contributed by atoms with Gasteiger partial charge in [-0.3, -0.25) is 14.7 Å². The molecule has 4 aromatic rings. The Morgan fingerprint density at radius 3 is 2.71 bits per heavy atom. The average molecular weight is 391 g/mol. The topological polar surface area (TPSA) is 92.2 Å². The van der Waals surface area contributed by atoms with Gasteiger partial charge in [-0.25, -0.2) is 14.5 Å². The lowest BCUT2D eigenvalue weighted by Gasteiger charge is -2.08. The average Bonchev–Trinajstić information content (AvgIpc) is 3.07. The summed E-state index contributed by atoms with van der Waals surface area (Å²) in [5.74, 6) is 0.498. The third kappa shape index (κ3) is 3.96. The van der Waals surface area contributed by atoms with Crippen molar-refractivity contribution in [3.05, 3.63) is 76.6 Å². The van der Waals surface area contributed by atoms with Crippen molar-refractivity contribution in [3.8, 4) is 11.4 Å². The van der Waals surface area contributed by atoms with E-state index >= 15 is 0 Å². The first-order valence-electron chi connectivity index (χ1n) is 8.63. The van der Waals surface area contributed by atoms with Crippen LogP contribution in [0.5, 0.6) is 0 Å². The van der Waals surface area contributed by atoms with E-state index in [1.54, 1.807) is 0 Å². The third-order valence-electron chi connectivity index (χ3n) is 3.99. The highest BCUT2D eigenvalue weighted by atomic mass is 32.2. The van der Waals surface area contributed by atoms with Crippen LogP contribution in [0.25, 0.3) is 17.0 Å². The van der Waals surface area contributed by atoms with Crippen LogP contribution in [0.4, 0.5) is 5.69 Å². The number of rotatable bonds is 5. The minimum absolute atomic E-state index is 0.147. The zero-order valence-corrected chi connectivity index (χ0v) is 15.9. The van der Waals surface area contributed by atoms with E-state index in [0.29, 0.717) is 16.6 Å². The van der Waals surface area contributed by atoms with E-state index in [9.17, 15) is 9.59 Å². The molecule has 0 radical (unpaired) electrons. The summed E-state index contributed by atoms with van der Waals surface area (Å²) in [7, 11) is 0. The minimum Gasteiger partial charge on any atom is -0.325 e. The van der Waals surface area contributed by atoms with E-state index in [2.05, 4.69) is 20.4 Å². The van der Waals surface area contributed by atoms with Crippen molar-refractivity contribution in [3.63, 3.8) is 0 Å². The van der Waals surface area contributed by atoms with Crippen LogP contribution in [0.15, 0.2) is 70.6 Å². The maximum absolute atomic E-state index is 12.3. The van der Waals surface area contributed by atoms with Crippen LogP contribution in [0.3, 0.4) is 0 Å². The van der Waals surface area contributed by atoms with E-state index in [1.807, 2.05) is 61.5 Å². The highest BCUT2D eigenvalue weighted by molar-refractivity contribution is 7.99. The minimum atomic E-state index is -0.272. The number of nitrogens with zero attached hydrogens (tertiary/aromatic N) is 3. The molecule has 0 aliphatic carbocycles. The predicted molar refractivity (Wildman–Crippen MR) is 110 cm³/mol. The molecule has 4 rings (SSSR count). The van der Waals surface area contributed by atoms with Crippen LogP contribution in [0.2, 0.25) is 0 Å². The number of aromatic nitrogens is 4. The molecule has 8 heteroatoms. The molecule has 2 aromatic carbocycles. The number of carbonyl (C=O) groups excluding carboxylic acids is 1. The summed E-state index contributed by atoms with van der Waals surface area (Å²) in [4.78, 5) is 33.1. The normalized spacial score (nSPS) is 10.9. The fraction of sp³-hybridized carbons (Fsp3) is 0.100. The smallest absolute Gasteiger partial charge is 0.266 e. The zero-order valence-electron chi connectivity index (χ0n) is 15.0. The summed E-state index contributed by atoms with van der Waals surface area (Å²) >= 11 is 1.23. The van der Waals surface area contributed by atoms with Crippen LogP contribution in [0.1, 0.15) is 5.56 Å². The summed E-state index contributed by atoms with van der Waals surface area (Å²) in [6.45, 7) is 1.99. The molecule has 0 bridgehead atoms. The van der Waals surface area contributed by atoms with Crippen molar-refractivity contribution < 1.29 is 4.79 Å². The summed E-state index contributed by atoms with van der Waals surface area (Å²) in [5.41, 5.74) is 2.86. The molecule has 0 unspecified atom stereocenters. The number of H-pyrrole nitrogens is 1. The Bertz CT molecular complexity index is 1200. The lowest BCUT2D eigenvalue weighted by molar-refractivity contribution is -0.113. The largest absolute Gasteiger partial charge is 0.325 e. The molecular formula is C20H17N5O2S. The Kier molecular flexibility index (Phi) is 4.94. The quantitative estimate of drug-likeness (QED) is 0.510. The maximum Gasteiger partial charge on any atom is 0.266 e. The van der Waals surface area contributed by atoms with Gasteiger partial charge in [0.25, 0.3) is 5.56 Å². The molecule has 2 N–H and O–H groups in total. The Balaban J connectivity index is 1.62. The number of fused-ring (bicyclic) bond motifs is 1. The molecule has 0 aliphatic heterocycles. The van der Waals surface area contributed by atoms with E-state index in [-0.39, 0.29) is 17.2 Å². The summed E-state index contributed by atoms with van der Waals surface area (Å²) in [6.07, 6.45) is 0. The van der Waals surface area contributed by atoms with Crippen LogP contribution >= 0.6 is 11.8 Å². The second-order valence-corrected chi connectivity index (χ2v) is 7.16. The summed E-state index contributed by atoms with van der Waals surface area (Å²) in [6, 6.07) is 18.5. The van der Waals surface area contributed by atoms with Gasteiger partial charge in [-0.1, -0.05) is 53.7 Å². The van der Waals surface area contributed by atoms with Crippen molar-refractivity contribution in [1.29, 1.82) is 0 Å². The van der Waals surface area contributed by atoms with Crippen LogP contribution in [-0.2, 0) is 4.79 Å². The van der Waals surface area contributed by atoms with E-state index in [1.165, 1.54) is 22.3 Å². The van der Waals surface area contributed by atoms with Gasteiger partial charge in [0, 0.05) is 17.3 Å². The molecule has 0 saturated heterocycles. The molecule has 140 valence electrons. The first kappa shape index (κ1) is 18.0. The van der Waals surface area contributed by atoms with E-state index in [4.69, 9.17) is 0 Å². The number of benzene rings is 2. The van der Waals surface area contributed by atoms with Crippen LogP contribution in [0, 0.1) is 6.92 Å². The first-order valence-corrected chi connectivity index (χ1v) is 9.61. The molecule has 0 atom stereocenters. The third-order valence-corrected chi connectivity index (χ3v) is 4.93. The van der Waals surface area contributed by atoms with Gasteiger partial charge in [-0.2, -0.15) is 0 Å². The van der Waals surface area contributed by atoms with Crippen molar-refractivity contribution in [1.82, 2.24) is 19.6 Å². The van der Waals surface area contributed by atoms with Gasteiger partial charge in [0.1, 0.15) is 0 Å². The number of nitrogens with one attached hydrogen (secondary N) is 2. The molecule has 28 heavy (non-hydrogen) atoms. The van der Waals surface area contributed by atoms with Crippen molar-refractivity contribution >= 4 is 29.0 Å². The molecule has 0 saturated carbocycles. The fourth-order valence-corrected chi connectivity index (χ4v) is 3.49. The van der Waals surface area contributed by atoms with Gasteiger partial charge >= 0.3 is 0 Å². The number of hydrogen-bond acceptors (Lipinski definition) is 5. The van der Waals surface area contributed by atoms with Gasteiger partial charge in [0.15, 0.2) is 16.6 Å². The molecule has 0 spiro atoms. The van der Waals surface area contributed by atoms with Gasteiger partial charge < -0.3 is 5.32 Å². The Morgan fingerprint density at radius 2 is 1.93 bits per heavy atom. The molecule has 2 aromatic heterocycles. The Morgan fingerprint density at radius 1 is 1.11 bits per heavy atom. The van der Waals surface area contributed by atoms with Crippen molar-refractivity contribution in [2.75, 3.05) is 11.1 Å². The van der Waals surface area contributed by atoms with Gasteiger partial charge in [0.2, 0.25) is 5.91 Å². The van der Waals surface area contributed by atoms with Crippen molar-refractivity contribution in [2.24, 2.45) is 0 Å². The number of hydrogen-bond donors (Lipinski definition) is 2. The summed E-state index contributed by atoms with van der Waals surface area (Å²) in [5, 5.41) is 6.00. The molecule has 1 amide bonds. The van der Waals surface area contributed by atoms with Gasteiger partial charge in [-0.15, -0.1) is 0 Å². The number of aryl methyl sites for hydroxylation is 1. The van der Waals surface area contributed by atoms with Gasteiger partial charge in [0.05, 0.1) is 5.75 Å². The molecule has 0 fully saturated rings. The first-order chi connectivity index (χ1) is 13.6. The van der Waals surface area contributed by atoms with E-state index in [0.717, 1.165) is 16.8 Å². The second kappa shape index (κ2) is 7.69. The predicted octanol–water partition coefficient (Wildman–Crippen LogP) is 3.12. The Labute approximate surface area is 164 Å². The standard InChI is InChI=1S/C20H17N5O2S/c1-13-6-5-7-14(10-13)19-22-16-11-17(26)24-25(16)20(23-19)28-12-18(27)21-15-8-3-2-4-9-15/h2-11H,12H2,1H3,(H,21,27)(H,24,26). The lowest BCUT2D eigenvalue weighted by Crippen LogP contribution is -2.15. The Hall–Kier alpha value is -3.39. The monoisotopic (exact) mass is 391 g/mol. The highest BCUT2D eigenvalue weighted by Gasteiger charge is 2.13. The van der Waals surface area contributed by atoms with Crippen molar-refractivity contribution in [2.45, 2.75) is 12.1 Å². The SMILES string of the molecule is Cc1cccc(-c2nc(SCC(=O)Nc3ccccc3)n3[nH]c(=O)cc3n2)c1. The molecule has 7 nitrogen and oxygen atoms in total. The number of carbonyl (C=O) groups is 1. The number of anilines is 1. The lowest BCUT2D eigenvalue weighted by atomic mass is 10.1. The number of aromatic amines is 1. The molecular weight excluding hydrogens is 374 g/mol. The zero-order chi connectivity index (χ0) is 19.5. The maximum atomic E-state index is 12.3. The molecule has 0 aliphatic rings. The fourth-order valence-electron chi connectivity index (χ4n) is 2.74. The number of para-hydroxylation sites is 1. The van der Waals surface area contributed by atoms with E-state index < -0.39 is 0 Å². The van der Waals surface area contributed by atoms with Crippen LogP contribution in [-0.4, -0.2) is 31.2 Å². The summed E-state index contributed by atoms with van der Waals surface area (Å²) < 4.78 is 1.50. The number of thioether (sulfide) groups is 1. The van der Waals surface area contributed by atoms with Crippen LogP contribution < -0.4 is 10.9 Å². The number of amides is 1. The molecule has 2 heterocycles. The van der Waals surface area contributed by atoms with Gasteiger partial charge in [-0.05, 0) is 25.1 Å². The second-order valence-electron chi connectivity index (χ2n) is 6.22.